The van der Waals surface area contributed by atoms with E-state index in [9.17, 15) is 4.39 Å². The molecule has 0 unspecified atom stereocenters. The maximum absolute atomic E-state index is 12.8. The van der Waals surface area contributed by atoms with Gasteiger partial charge in [-0.2, -0.15) is 0 Å². The molecule has 4 nitrogen and oxygen atoms in total. The highest BCUT2D eigenvalue weighted by atomic mass is 32.2. The van der Waals surface area contributed by atoms with Crippen LogP contribution in [0.4, 0.5) is 4.39 Å². The number of guanidine groups is 1. The summed E-state index contributed by atoms with van der Waals surface area (Å²) in [6.07, 6.45) is 1.00. The van der Waals surface area contributed by atoms with Gasteiger partial charge < -0.3 is 10.6 Å². The fraction of sp³-hybridized carbons (Fsp3) is 0.412. The van der Waals surface area contributed by atoms with Crippen molar-refractivity contribution in [2.45, 2.75) is 31.7 Å². The van der Waals surface area contributed by atoms with Crippen molar-refractivity contribution in [1.82, 2.24) is 15.6 Å². The normalized spacial score (nSPS) is 11.6. The molecule has 0 atom stereocenters. The van der Waals surface area contributed by atoms with Crippen LogP contribution in [0, 0.1) is 19.7 Å². The van der Waals surface area contributed by atoms with E-state index in [1.807, 2.05) is 26.0 Å². The Bertz CT molecular complexity index is 668. The van der Waals surface area contributed by atoms with E-state index < -0.39 is 0 Å². The summed E-state index contributed by atoms with van der Waals surface area (Å²) in [4.78, 5) is 11.0. The zero-order valence-corrected chi connectivity index (χ0v) is 15.9. The van der Waals surface area contributed by atoms with Crippen molar-refractivity contribution in [2.24, 2.45) is 4.99 Å². The number of aliphatic imine (C=N–C) groups is 1. The molecular weight excluding hydrogens is 343 g/mol. The van der Waals surface area contributed by atoms with Gasteiger partial charge in [0.25, 0.3) is 0 Å². The predicted octanol–water partition coefficient (Wildman–Crippen LogP) is 3.75. The van der Waals surface area contributed by atoms with Crippen LogP contribution in [0.15, 0.2) is 34.2 Å². The Morgan fingerprint density at radius 1 is 1.25 bits per heavy atom. The first-order valence-electron chi connectivity index (χ1n) is 7.84. The summed E-state index contributed by atoms with van der Waals surface area (Å²) in [5.41, 5.74) is 1.08. The average molecular weight is 367 g/mol. The van der Waals surface area contributed by atoms with Gasteiger partial charge in [-0.3, -0.25) is 4.99 Å². The number of thioether (sulfide) groups is 1. The van der Waals surface area contributed by atoms with Gasteiger partial charge in [0.2, 0.25) is 0 Å². The minimum absolute atomic E-state index is 0.192. The summed E-state index contributed by atoms with van der Waals surface area (Å²) in [5.74, 6) is 1.58. The van der Waals surface area contributed by atoms with Crippen molar-refractivity contribution in [2.75, 3.05) is 19.3 Å². The number of hydrogen-bond acceptors (Lipinski definition) is 4. The molecule has 0 saturated heterocycles. The summed E-state index contributed by atoms with van der Waals surface area (Å²) in [6.45, 7) is 5.63. The quantitative estimate of drug-likeness (QED) is 0.339. The first-order valence-corrected chi connectivity index (χ1v) is 9.64. The molecule has 1 heterocycles. The average Bonchev–Trinajstić information content (AvgIpc) is 2.89. The van der Waals surface area contributed by atoms with Crippen LogP contribution in [0.5, 0.6) is 0 Å². The van der Waals surface area contributed by atoms with E-state index in [4.69, 9.17) is 0 Å². The van der Waals surface area contributed by atoms with Gasteiger partial charge in [-0.25, -0.2) is 9.37 Å². The van der Waals surface area contributed by atoms with Gasteiger partial charge in [0, 0.05) is 23.4 Å². The molecule has 0 amide bonds. The molecular formula is C17H23FN4S2. The Morgan fingerprint density at radius 3 is 2.62 bits per heavy atom. The second kappa shape index (κ2) is 9.64. The van der Waals surface area contributed by atoms with Crippen LogP contribution in [-0.2, 0) is 6.54 Å². The van der Waals surface area contributed by atoms with Crippen molar-refractivity contribution < 1.29 is 4.39 Å². The summed E-state index contributed by atoms with van der Waals surface area (Å²) >= 11 is 3.44. The van der Waals surface area contributed by atoms with Crippen molar-refractivity contribution >= 4 is 29.1 Å². The maximum atomic E-state index is 12.8. The van der Waals surface area contributed by atoms with Crippen LogP contribution in [0.3, 0.4) is 0 Å². The number of nitrogens with one attached hydrogen (secondary N) is 2. The molecule has 0 aliphatic heterocycles. The zero-order chi connectivity index (χ0) is 17.4. The van der Waals surface area contributed by atoms with Crippen LogP contribution < -0.4 is 10.6 Å². The second-order valence-corrected chi connectivity index (χ2v) is 7.71. The van der Waals surface area contributed by atoms with Crippen LogP contribution in [0.1, 0.15) is 22.0 Å². The zero-order valence-electron chi connectivity index (χ0n) is 14.2. The minimum Gasteiger partial charge on any atom is -0.356 e. The smallest absolute Gasteiger partial charge is 0.191 e. The number of aryl methyl sites for hydroxylation is 2. The Kier molecular flexibility index (Phi) is 7.52. The van der Waals surface area contributed by atoms with E-state index in [2.05, 4.69) is 20.6 Å². The van der Waals surface area contributed by atoms with E-state index in [1.165, 1.54) is 17.0 Å². The van der Waals surface area contributed by atoms with Crippen LogP contribution in [-0.4, -0.2) is 30.3 Å². The Labute approximate surface area is 151 Å². The molecule has 130 valence electrons. The summed E-state index contributed by atoms with van der Waals surface area (Å²) in [7, 11) is 1.77. The molecule has 0 spiro atoms. The topological polar surface area (TPSA) is 49.3 Å². The number of halogens is 1. The van der Waals surface area contributed by atoms with Crippen molar-refractivity contribution in [3.05, 3.63) is 45.7 Å². The molecule has 24 heavy (non-hydrogen) atoms. The highest BCUT2D eigenvalue weighted by molar-refractivity contribution is 7.99. The highest BCUT2D eigenvalue weighted by Crippen LogP contribution is 2.18. The molecule has 2 aromatic rings. The first kappa shape index (κ1) is 18.7. The molecule has 0 radical (unpaired) electrons. The lowest BCUT2D eigenvalue weighted by Crippen LogP contribution is -2.37. The second-order valence-electron chi connectivity index (χ2n) is 5.25. The minimum atomic E-state index is -0.192. The molecule has 2 rings (SSSR count). The molecule has 7 heteroatoms. The Balaban J connectivity index is 1.64. The standard InChI is InChI=1S/C17H23FN4S2/c1-12-16(24-13(2)22-12)11-21-17(19-3)20-9-4-10-23-15-7-5-14(18)6-8-15/h5-8H,4,9-11H2,1-3H3,(H2,19,20,21). The number of nitrogens with zero attached hydrogens (tertiary/aromatic N) is 2. The SMILES string of the molecule is CN=C(NCCCSc1ccc(F)cc1)NCc1sc(C)nc1C. The molecule has 1 aromatic heterocycles. The predicted molar refractivity (Wildman–Crippen MR) is 102 cm³/mol. The molecule has 0 fully saturated rings. The van der Waals surface area contributed by atoms with Crippen molar-refractivity contribution in [1.29, 1.82) is 0 Å². The summed E-state index contributed by atoms with van der Waals surface area (Å²) in [5, 5.41) is 7.71. The molecule has 1 aromatic carbocycles. The van der Waals surface area contributed by atoms with Gasteiger partial charge in [-0.05, 0) is 50.3 Å². The van der Waals surface area contributed by atoms with Crippen LogP contribution in [0.25, 0.3) is 0 Å². The molecule has 0 saturated carbocycles. The van der Waals surface area contributed by atoms with Gasteiger partial charge in [0.15, 0.2) is 5.96 Å². The lowest BCUT2D eigenvalue weighted by atomic mass is 10.4. The summed E-state index contributed by atoms with van der Waals surface area (Å²) < 4.78 is 12.8. The third-order valence-corrected chi connectivity index (χ3v) is 5.51. The summed E-state index contributed by atoms with van der Waals surface area (Å²) in [6, 6.07) is 6.62. The van der Waals surface area contributed by atoms with E-state index in [0.717, 1.165) is 46.8 Å². The van der Waals surface area contributed by atoms with E-state index in [-0.39, 0.29) is 5.82 Å². The van der Waals surface area contributed by atoms with Crippen LogP contribution >= 0.6 is 23.1 Å². The molecule has 0 bridgehead atoms. The third kappa shape index (κ3) is 6.13. The fourth-order valence-corrected chi connectivity index (χ4v) is 3.85. The first-order chi connectivity index (χ1) is 11.6. The van der Waals surface area contributed by atoms with E-state index in [0.29, 0.717) is 0 Å². The highest BCUT2D eigenvalue weighted by Gasteiger charge is 2.05. The van der Waals surface area contributed by atoms with Crippen LogP contribution in [0.2, 0.25) is 0 Å². The Hall–Kier alpha value is -1.60. The lowest BCUT2D eigenvalue weighted by molar-refractivity contribution is 0.626. The van der Waals surface area contributed by atoms with Gasteiger partial charge in [0.05, 0.1) is 17.2 Å². The fourth-order valence-electron chi connectivity index (χ4n) is 2.12. The lowest BCUT2D eigenvalue weighted by Gasteiger charge is -2.11. The monoisotopic (exact) mass is 366 g/mol. The maximum Gasteiger partial charge on any atom is 0.191 e. The van der Waals surface area contributed by atoms with E-state index >= 15 is 0 Å². The molecule has 2 N–H and O–H groups in total. The molecule has 0 aliphatic carbocycles. The Morgan fingerprint density at radius 2 is 2.00 bits per heavy atom. The van der Waals surface area contributed by atoms with Gasteiger partial charge in [-0.1, -0.05) is 0 Å². The number of thiazole rings is 1. The number of benzene rings is 1. The van der Waals surface area contributed by atoms with Gasteiger partial charge in [-0.15, -0.1) is 23.1 Å². The van der Waals surface area contributed by atoms with Gasteiger partial charge >= 0.3 is 0 Å². The van der Waals surface area contributed by atoms with Crippen molar-refractivity contribution in [3.8, 4) is 0 Å². The number of aromatic nitrogens is 1. The largest absolute Gasteiger partial charge is 0.356 e. The van der Waals surface area contributed by atoms with Gasteiger partial charge in [0.1, 0.15) is 5.82 Å². The molecule has 0 aliphatic rings. The third-order valence-electron chi connectivity index (χ3n) is 3.34. The van der Waals surface area contributed by atoms with Crippen molar-refractivity contribution in [3.63, 3.8) is 0 Å². The number of rotatable bonds is 7. The van der Waals surface area contributed by atoms with E-state index in [1.54, 1.807) is 30.1 Å². The number of hydrogen-bond donors (Lipinski definition) is 2.